The van der Waals surface area contributed by atoms with Crippen LogP contribution in [-0.4, -0.2) is 46.2 Å². The molecule has 4 rings (SSSR count). The van der Waals surface area contributed by atoms with E-state index in [1.165, 1.54) is 18.2 Å². The van der Waals surface area contributed by atoms with E-state index in [0.717, 1.165) is 31.9 Å². The summed E-state index contributed by atoms with van der Waals surface area (Å²) in [7, 11) is 0. The highest BCUT2D eigenvalue weighted by Crippen LogP contribution is 2.29. The summed E-state index contributed by atoms with van der Waals surface area (Å²) in [6.45, 7) is 0.635. The number of nitro groups is 1. The molecular formula is C27H29F3N6O4. The highest BCUT2D eigenvalue weighted by Gasteiger charge is 2.32. The number of rotatable bonds is 12. The van der Waals surface area contributed by atoms with Gasteiger partial charge in [0.2, 0.25) is 11.8 Å². The lowest BCUT2D eigenvalue weighted by Crippen LogP contribution is -2.37. The molecule has 0 unspecified atom stereocenters. The molecule has 0 amide bonds. The van der Waals surface area contributed by atoms with Crippen molar-refractivity contribution in [3.63, 3.8) is 0 Å². The fourth-order valence-electron chi connectivity index (χ4n) is 4.55. The van der Waals surface area contributed by atoms with Crippen molar-refractivity contribution in [1.82, 2.24) is 15.3 Å². The number of aromatic nitrogens is 2. The number of ketones is 1. The van der Waals surface area contributed by atoms with Crippen LogP contribution < -0.4 is 20.7 Å². The van der Waals surface area contributed by atoms with E-state index >= 15 is 0 Å². The Kier molecular flexibility index (Phi) is 9.48. The van der Waals surface area contributed by atoms with Gasteiger partial charge in [0.05, 0.1) is 11.5 Å². The van der Waals surface area contributed by atoms with E-state index in [2.05, 4.69) is 30.7 Å². The second-order valence-corrected chi connectivity index (χ2v) is 9.46. The number of hydrogen-bond acceptors (Lipinski definition) is 9. The third-order valence-corrected chi connectivity index (χ3v) is 6.65. The lowest BCUT2D eigenvalue weighted by atomic mass is 9.86. The van der Waals surface area contributed by atoms with Gasteiger partial charge in [0.15, 0.2) is 5.78 Å². The molecule has 13 heteroatoms. The number of halogens is 3. The van der Waals surface area contributed by atoms with Crippen molar-refractivity contribution < 1.29 is 27.6 Å². The maximum Gasteiger partial charge on any atom is 0.573 e. The molecule has 1 saturated carbocycles. The van der Waals surface area contributed by atoms with Crippen LogP contribution in [0.3, 0.4) is 0 Å². The van der Waals surface area contributed by atoms with Crippen LogP contribution in [0, 0.1) is 16.0 Å². The fraction of sp³-hybridized carbons (Fsp3) is 0.370. The Morgan fingerprint density at radius 2 is 1.73 bits per heavy atom. The van der Waals surface area contributed by atoms with Gasteiger partial charge in [-0.1, -0.05) is 48.5 Å². The number of hydrogen-bond donors (Lipinski definition) is 3. The molecular weight excluding hydrogens is 529 g/mol. The number of anilines is 2. The molecule has 0 radical (unpaired) electrons. The van der Waals surface area contributed by atoms with Crippen molar-refractivity contribution in [2.45, 2.75) is 44.6 Å². The summed E-state index contributed by atoms with van der Waals surface area (Å²) in [6, 6.07) is 15.0. The fourth-order valence-corrected chi connectivity index (χ4v) is 4.55. The highest BCUT2D eigenvalue weighted by atomic mass is 19.4. The first kappa shape index (κ1) is 28.7. The van der Waals surface area contributed by atoms with E-state index < -0.39 is 11.3 Å². The molecule has 40 heavy (non-hydrogen) atoms. The van der Waals surface area contributed by atoms with Gasteiger partial charge < -0.3 is 20.7 Å². The summed E-state index contributed by atoms with van der Waals surface area (Å²) in [5.41, 5.74) is 0.584. The lowest BCUT2D eigenvalue weighted by molar-refractivity contribution is -0.384. The molecule has 3 aromatic rings. The number of benzene rings is 2. The van der Waals surface area contributed by atoms with Crippen molar-refractivity contribution in [1.29, 1.82) is 0 Å². The average molecular weight is 559 g/mol. The molecule has 1 aromatic heterocycles. The van der Waals surface area contributed by atoms with Crippen LogP contribution in [0.25, 0.3) is 0 Å². The number of ether oxygens (including phenoxy) is 1. The quantitative estimate of drug-likeness (QED) is 0.153. The monoisotopic (exact) mass is 558 g/mol. The average Bonchev–Trinajstić information content (AvgIpc) is 2.94. The maximum atomic E-state index is 12.7. The first-order chi connectivity index (χ1) is 19.2. The normalized spacial score (nSPS) is 17.2. The maximum absolute atomic E-state index is 12.7. The van der Waals surface area contributed by atoms with Crippen molar-refractivity contribution in [2.75, 3.05) is 23.7 Å². The number of Topliss-reactive ketones (excluding diaryl/α,β-unsaturated/α-hetero) is 1. The summed E-state index contributed by atoms with van der Waals surface area (Å²) in [5, 5.41) is 20.7. The van der Waals surface area contributed by atoms with Crippen molar-refractivity contribution in [3.8, 4) is 5.75 Å². The molecule has 0 atom stereocenters. The minimum Gasteiger partial charge on any atom is -0.405 e. The van der Waals surface area contributed by atoms with Gasteiger partial charge in [-0.25, -0.2) is 4.98 Å². The molecule has 1 fully saturated rings. The number of nitrogens with one attached hydrogen (secondary N) is 3. The van der Waals surface area contributed by atoms with E-state index in [0.29, 0.717) is 12.1 Å². The standard InChI is InChI=1S/C27H29F3N6O4/c28-27(29,30)40-24-9-5-4-8-20(24)15-33-26-34-16-22(36(38)39)25(35-26)32-14-18-10-12-21(13-11-18)31-17-23(37)19-6-2-1-3-7-19/h1-9,16,18,21,31H,10-15,17H2,(H2,32,33,34,35)/t18-,21-. The second kappa shape index (κ2) is 13.2. The second-order valence-electron chi connectivity index (χ2n) is 9.46. The number of carbonyl (C=O) groups is 1. The van der Waals surface area contributed by atoms with Crippen molar-refractivity contribution >= 4 is 23.2 Å². The van der Waals surface area contributed by atoms with Gasteiger partial charge in [0.1, 0.15) is 11.9 Å². The van der Waals surface area contributed by atoms with Crippen molar-refractivity contribution in [2.24, 2.45) is 5.92 Å². The zero-order chi connectivity index (χ0) is 28.5. The van der Waals surface area contributed by atoms with Gasteiger partial charge in [-0.05, 0) is 37.7 Å². The largest absolute Gasteiger partial charge is 0.573 e. The van der Waals surface area contributed by atoms with Crippen LogP contribution in [0.4, 0.5) is 30.6 Å². The number of nitrogens with zero attached hydrogens (tertiary/aromatic N) is 3. The molecule has 2 aromatic carbocycles. The van der Waals surface area contributed by atoms with Gasteiger partial charge in [-0.2, -0.15) is 4.98 Å². The van der Waals surface area contributed by atoms with Crippen LogP contribution in [0.5, 0.6) is 5.75 Å². The molecule has 0 saturated heterocycles. The molecule has 0 spiro atoms. The minimum absolute atomic E-state index is 0.0194. The predicted octanol–water partition coefficient (Wildman–Crippen LogP) is 5.34. The Hall–Kier alpha value is -4.26. The van der Waals surface area contributed by atoms with Gasteiger partial charge in [-0.15, -0.1) is 13.2 Å². The van der Waals surface area contributed by atoms with E-state index in [-0.39, 0.29) is 59.6 Å². The Morgan fingerprint density at radius 3 is 2.42 bits per heavy atom. The number of para-hydroxylation sites is 1. The van der Waals surface area contributed by atoms with E-state index in [4.69, 9.17) is 0 Å². The molecule has 1 aliphatic carbocycles. The summed E-state index contributed by atoms with van der Waals surface area (Å²) >= 11 is 0. The molecule has 0 aliphatic heterocycles. The van der Waals surface area contributed by atoms with Crippen LogP contribution in [0.2, 0.25) is 0 Å². The number of alkyl halides is 3. The van der Waals surface area contributed by atoms with E-state index in [9.17, 15) is 28.1 Å². The zero-order valence-electron chi connectivity index (χ0n) is 21.5. The Morgan fingerprint density at radius 1 is 1.02 bits per heavy atom. The van der Waals surface area contributed by atoms with E-state index in [1.807, 2.05) is 18.2 Å². The number of carbonyl (C=O) groups excluding carboxylic acids is 1. The Bertz CT molecular complexity index is 1300. The Labute approximate surface area is 228 Å². The zero-order valence-corrected chi connectivity index (χ0v) is 21.5. The van der Waals surface area contributed by atoms with E-state index in [1.54, 1.807) is 18.2 Å². The summed E-state index contributed by atoms with van der Waals surface area (Å²) in [5.74, 6) is -0.0271. The molecule has 212 valence electrons. The minimum atomic E-state index is -4.84. The first-order valence-electron chi connectivity index (χ1n) is 12.8. The summed E-state index contributed by atoms with van der Waals surface area (Å²) in [4.78, 5) is 31.4. The van der Waals surface area contributed by atoms with Gasteiger partial charge >= 0.3 is 12.0 Å². The first-order valence-corrected chi connectivity index (χ1v) is 12.8. The third kappa shape index (κ3) is 8.37. The predicted molar refractivity (Wildman–Crippen MR) is 142 cm³/mol. The van der Waals surface area contributed by atoms with Crippen LogP contribution in [0.15, 0.2) is 60.8 Å². The van der Waals surface area contributed by atoms with Crippen LogP contribution >= 0.6 is 0 Å². The summed E-state index contributed by atoms with van der Waals surface area (Å²) < 4.78 is 42.1. The molecule has 0 bridgehead atoms. The molecule has 10 nitrogen and oxygen atoms in total. The molecule has 1 heterocycles. The SMILES string of the molecule is O=C(CN[C@H]1CC[C@H](CNc2nc(NCc3ccccc3OC(F)(F)F)ncc2[N+](=O)[O-])CC1)c1ccccc1. The van der Waals surface area contributed by atoms with Gasteiger partial charge in [0, 0.05) is 30.3 Å². The lowest BCUT2D eigenvalue weighted by Gasteiger charge is -2.29. The van der Waals surface area contributed by atoms with Crippen LogP contribution in [-0.2, 0) is 6.54 Å². The van der Waals surface area contributed by atoms with Gasteiger partial charge in [-0.3, -0.25) is 14.9 Å². The third-order valence-electron chi connectivity index (χ3n) is 6.65. The Balaban J connectivity index is 1.29. The highest BCUT2D eigenvalue weighted by molar-refractivity contribution is 5.97. The van der Waals surface area contributed by atoms with Crippen molar-refractivity contribution in [3.05, 3.63) is 82.0 Å². The summed E-state index contributed by atoms with van der Waals surface area (Å²) in [6.07, 6.45) is -0.320. The molecule has 1 aliphatic rings. The van der Waals surface area contributed by atoms with Gasteiger partial charge in [0.25, 0.3) is 0 Å². The molecule has 3 N–H and O–H groups in total. The smallest absolute Gasteiger partial charge is 0.405 e. The van der Waals surface area contributed by atoms with Crippen LogP contribution in [0.1, 0.15) is 41.6 Å². The topological polar surface area (TPSA) is 131 Å².